The minimum atomic E-state index is -1.12. The Bertz CT molecular complexity index is 885. The molecular weight excluding hydrogens is 428 g/mol. The minimum absolute atomic E-state index is 0.0290. The van der Waals surface area contributed by atoms with Crippen molar-refractivity contribution in [2.45, 2.75) is 32.7 Å². The molecule has 0 fully saturated rings. The molecule has 2 aromatic carbocycles. The highest BCUT2D eigenvalue weighted by atomic mass is 79.9. The summed E-state index contributed by atoms with van der Waals surface area (Å²) in [5.74, 6) is -1.28. The third-order valence-electron chi connectivity index (χ3n) is 4.24. The molecule has 0 aliphatic heterocycles. The van der Waals surface area contributed by atoms with E-state index in [0.29, 0.717) is 17.7 Å². The predicted molar refractivity (Wildman–Crippen MR) is 109 cm³/mol. The lowest BCUT2D eigenvalue weighted by Gasteiger charge is -2.26. The highest BCUT2D eigenvalue weighted by Gasteiger charge is 2.22. The molecule has 0 heterocycles. The van der Waals surface area contributed by atoms with E-state index >= 15 is 0 Å². The Labute approximate surface area is 171 Å². The van der Waals surface area contributed by atoms with Crippen LogP contribution in [0, 0.1) is 10.1 Å². The molecule has 0 saturated heterocycles. The molecule has 0 aromatic heterocycles. The fraction of sp³-hybridized carbons (Fsp3) is 0.300. The third-order valence-corrected chi connectivity index (χ3v) is 5.01. The lowest BCUT2D eigenvalue weighted by Crippen LogP contribution is -2.31. The Balaban J connectivity index is 2.53. The summed E-state index contributed by atoms with van der Waals surface area (Å²) in [6.45, 7) is 1.81. The van der Waals surface area contributed by atoms with Crippen molar-refractivity contribution < 1.29 is 19.6 Å². The Hall–Kier alpha value is -2.74. The molecule has 28 heavy (non-hydrogen) atoms. The van der Waals surface area contributed by atoms with Gasteiger partial charge in [-0.05, 0) is 35.7 Å². The summed E-state index contributed by atoms with van der Waals surface area (Å²) in [5.41, 5.74) is 1.85. The van der Waals surface area contributed by atoms with Gasteiger partial charge in [0, 0.05) is 27.9 Å². The van der Waals surface area contributed by atoms with Gasteiger partial charge in [-0.2, -0.15) is 0 Å². The van der Waals surface area contributed by atoms with Crippen molar-refractivity contribution in [3.05, 3.63) is 73.7 Å². The van der Waals surface area contributed by atoms with Crippen LogP contribution >= 0.6 is 15.9 Å². The Morgan fingerprint density at radius 3 is 2.50 bits per heavy atom. The number of benzene rings is 2. The Morgan fingerprint density at radius 1 is 1.18 bits per heavy atom. The van der Waals surface area contributed by atoms with Gasteiger partial charge in [0.15, 0.2) is 0 Å². The van der Waals surface area contributed by atoms with Gasteiger partial charge in [0.2, 0.25) is 12.5 Å². The first-order chi connectivity index (χ1) is 13.3. The monoisotopic (exact) mass is 448 g/mol. The maximum Gasteiger partial charge on any atom is 0.335 e. The highest BCUT2D eigenvalue weighted by molar-refractivity contribution is 9.10. The average molecular weight is 449 g/mol. The van der Waals surface area contributed by atoms with Crippen LogP contribution in [-0.2, 0) is 17.8 Å². The normalized spacial score (nSPS) is 10.5. The number of nitro groups is 1. The van der Waals surface area contributed by atoms with E-state index in [9.17, 15) is 24.8 Å². The zero-order valence-corrected chi connectivity index (χ0v) is 17.0. The summed E-state index contributed by atoms with van der Waals surface area (Å²) in [7, 11) is 0. The van der Waals surface area contributed by atoms with Crippen molar-refractivity contribution in [1.29, 1.82) is 0 Å². The van der Waals surface area contributed by atoms with Gasteiger partial charge in [-0.15, -0.1) is 0 Å². The summed E-state index contributed by atoms with van der Waals surface area (Å²) in [5, 5.41) is 20.2. The van der Waals surface area contributed by atoms with E-state index in [1.807, 2.05) is 31.2 Å². The summed E-state index contributed by atoms with van der Waals surface area (Å²) >= 11 is 3.47. The van der Waals surface area contributed by atoms with Crippen LogP contribution < -0.4 is 4.90 Å². The first-order valence-corrected chi connectivity index (χ1v) is 9.64. The quantitative estimate of drug-likeness (QED) is 0.455. The second-order valence-corrected chi connectivity index (χ2v) is 7.13. The maximum atomic E-state index is 12.9. The average Bonchev–Trinajstić information content (AvgIpc) is 2.65. The third kappa shape index (κ3) is 5.63. The van der Waals surface area contributed by atoms with Crippen LogP contribution in [0.4, 0.5) is 5.69 Å². The molecule has 1 N–H and O–H groups in total. The largest absolute Gasteiger partial charge is 0.478 e. The van der Waals surface area contributed by atoms with Gasteiger partial charge in [0.1, 0.15) is 0 Å². The second-order valence-electron chi connectivity index (χ2n) is 6.28. The van der Waals surface area contributed by atoms with Crippen LogP contribution in [0.15, 0.2) is 46.9 Å². The summed E-state index contributed by atoms with van der Waals surface area (Å²) < 4.78 is 0.825. The number of rotatable bonds is 9. The van der Waals surface area contributed by atoms with Gasteiger partial charge in [-0.1, -0.05) is 47.1 Å². The SMILES string of the molecule is CCCC(=O)N(Cc1ccccc1Br)c1cc(C(=O)O)ccc1CC[N+](=O)[O-]. The van der Waals surface area contributed by atoms with Crippen LogP contribution in [0.2, 0.25) is 0 Å². The molecule has 8 heteroatoms. The van der Waals surface area contributed by atoms with E-state index < -0.39 is 10.9 Å². The molecule has 2 aromatic rings. The molecular formula is C20H21BrN2O5. The zero-order valence-electron chi connectivity index (χ0n) is 15.4. The van der Waals surface area contributed by atoms with E-state index in [1.165, 1.54) is 17.0 Å². The smallest absolute Gasteiger partial charge is 0.335 e. The highest BCUT2D eigenvalue weighted by Crippen LogP contribution is 2.28. The van der Waals surface area contributed by atoms with Crippen LogP contribution in [0.5, 0.6) is 0 Å². The van der Waals surface area contributed by atoms with E-state index in [4.69, 9.17) is 0 Å². The zero-order chi connectivity index (χ0) is 20.7. The van der Waals surface area contributed by atoms with Crippen molar-refractivity contribution in [3.63, 3.8) is 0 Å². The molecule has 0 saturated carbocycles. The standard InChI is InChI=1S/C20H21BrN2O5/c1-2-5-19(24)22(13-16-6-3-4-7-17(16)21)18-12-15(20(25)26)9-8-14(18)10-11-23(27)28/h3-4,6-9,12H,2,5,10-11,13H2,1H3,(H,25,26). The van der Waals surface area contributed by atoms with Crippen LogP contribution in [0.3, 0.4) is 0 Å². The minimum Gasteiger partial charge on any atom is -0.478 e. The predicted octanol–water partition coefficient (Wildman–Crippen LogP) is 4.30. The second kappa shape index (κ2) is 9.98. The molecule has 0 unspecified atom stereocenters. The fourth-order valence-electron chi connectivity index (χ4n) is 2.82. The van der Waals surface area contributed by atoms with Gasteiger partial charge in [0.05, 0.1) is 12.1 Å². The lowest BCUT2D eigenvalue weighted by atomic mass is 10.0. The molecule has 0 atom stereocenters. The molecule has 0 spiro atoms. The van der Waals surface area contributed by atoms with Crippen molar-refractivity contribution in [1.82, 2.24) is 0 Å². The van der Waals surface area contributed by atoms with Gasteiger partial charge in [-0.25, -0.2) is 4.79 Å². The number of carboxylic acid groups (broad SMARTS) is 1. The van der Waals surface area contributed by atoms with Crippen molar-refractivity contribution in [3.8, 4) is 0 Å². The van der Waals surface area contributed by atoms with Crippen LogP contribution in [0.1, 0.15) is 41.3 Å². The van der Waals surface area contributed by atoms with Crippen molar-refractivity contribution in [2.24, 2.45) is 0 Å². The number of carbonyl (C=O) groups is 2. The number of aromatic carboxylic acids is 1. The molecule has 0 bridgehead atoms. The molecule has 7 nitrogen and oxygen atoms in total. The molecule has 0 aliphatic rings. The first kappa shape index (κ1) is 21.6. The number of carboxylic acids is 1. The topological polar surface area (TPSA) is 101 Å². The van der Waals surface area contributed by atoms with E-state index in [2.05, 4.69) is 15.9 Å². The van der Waals surface area contributed by atoms with Gasteiger partial charge in [-0.3, -0.25) is 14.9 Å². The number of hydrogen-bond donors (Lipinski definition) is 1. The molecule has 148 valence electrons. The number of hydrogen-bond acceptors (Lipinski definition) is 4. The van der Waals surface area contributed by atoms with E-state index in [-0.39, 0.29) is 37.4 Å². The number of nitrogens with zero attached hydrogens (tertiary/aromatic N) is 2. The summed E-state index contributed by atoms with van der Waals surface area (Å²) in [6, 6.07) is 11.8. The van der Waals surface area contributed by atoms with E-state index in [0.717, 1.165) is 10.0 Å². The van der Waals surface area contributed by atoms with Gasteiger partial charge >= 0.3 is 5.97 Å². The first-order valence-electron chi connectivity index (χ1n) is 8.85. The fourth-order valence-corrected chi connectivity index (χ4v) is 3.23. The number of amides is 1. The summed E-state index contributed by atoms with van der Waals surface area (Å²) in [6.07, 6.45) is 1.03. The number of carbonyl (C=O) groups excluding carboxylic acids is 1. The van der Waals surface area contributed by atoms with Crippen LogP contribution in [-0.4, -0.2) is 28.5 Å². The van der Waals surface area contributed by atoms with Gasteiger partial charge < -0.3 is 10.0 Å². The lowest BCUT2D eigenvalue weighted by molar-refractivity contribution is -0.479. The van der Waals surface area contributed by atoms with Crippen LogP contribution in [0.25, 0.3) is 0 Å². The molecule has 2 rings (SSSR count). The maximum absolute atomic E-state index is 12.9. The molecule has 0 aliphatic carbocycles. The van der Waals surface area contributed by atoms with Crippen molar-refractivity contribution in [2.75, 3.05) is 11.4 Å². The van der Waals surface area contributed by atoms with E-state index in [1.54, 1.807) is 6.07 Å². The summed E-state index contributed by atoms with van der Waals surface area (Å²) in [4.78, 5) is 36.2. The Morgan fingerprint density at radius 2 is 1.89 bits per heavy atom. The van der Waals surface area contributed by atoms with Crippen molar-refractivity contribution >= 4 is 33.5 Å². The number of halogens is 1. The van der Waals surface area contributed by atoms with Gasteiger partial charge in [0.25, 0.3) is 0 Å². The molecule has 1 amide bonds. The Kier molecular flexibility index (Phi) is 7.69. The molecule has 0 radical (unpaired) electrons. The number of anilines is 1.